The van der Waals surface area contributed by atoms with Gasteiger partial charge in [-0.15, -0.1) is 0 Å². The van der Waals surface area contributed by atoms with Gasteiger partial charge >= 0.3 is 0 Å². The summed E-state index contributed by atoms with van der Waals surface area (Å²) in [6.45, 7) is 1.88. The van der Waals surface area contributed by atoms with Gasteiger partial charge in [0.15, 0.2) is 0 Å². The third kappa shape index (κ3) is 2.22. The van der Waals surface area contributed by atoms with Crippen LogP contribution >= 0.6 is 15.9 Å². The van der Waals surface area contributed by atoms with E-state index in [1.165, 1.54) is 4.68 Å². The minimum absolute atomic E-state index is 0.0306. The molecule has 0 bridgehead atoms. The quantitative estimate of drug-likeness (QED) is 0.846. The van der Waals surface area contributed by atoms with E-state index in [9.17, 15) is 4.79 Å². The van der Waals surface area contributed by atoms with Gasteiger partial charge in [0.2, 0.25) is 0 Å². The zero-order valence-corrected chi connectivity index (χ0v) is 10.4. The highest BCUT2D eigenvalue weighted by Crippen LogP contribution is 2.17. The van der Waals surface area contributed by atoms with E-state index in [0.29, 0.717) is 0 Å². The number of hydrogen-bond acceptors (Lipinski definition) is 2. The smallest absolute Gasteiger partial charge is 0.254 e. The Hall–Kier alpha value is -1.42. The van der Waals surface area contributed by atoms with Crippen LogP contribution in [0.3, 0.4) is 0 Å². The molecule has 1 aromatic carbocycles. The summed E-state index contributed by atoms with van der Waals surface area (Å²) >= 11 is 3.27. The maximum Gasteiger partial charge on any atom is 0.254 e. The number of carbonyl (C=O) groups excluding carboxylic acids is 1. The van der Waals surface area contributed by atoms with E-state index in [1.54, 1.807) is 12.4 Å². The van der Waals surface area contributed by atoms with Gasteiger partial charge in [-0.2, -0.15) is 5.10 Å². The Labute approximate surface area is 102 Å². The maximum atomic E-state index is 12.0. The minimum Gasteiger partial charge on any atom is -0.272 e. The van der Waals surface area contributed by atoms with Crippen LogP contribution in [0.25, 0.3) is 0 Å². The van der Waals surface area contributed by atoms with Gasteiger partial charge in [-0.25, -0.2) is 4.68 Å². The SMILES string of the molecule is CC(C(=O)n1cc(Br)cn1)c1ccccc1. The van der Waals surface area contributed by atoms with Crippen LogP contribution < -0.4 is 0 Å². The highest BCUT2D eigenvalue weighted by molar-refractivity contribution is 9.10. The summed E-state index contributed by atoms with van der Waals surface area (Å²) in [7, 11) is 0. The van der Waals surface area contributed by atoms with Crippen LogP contribution in [0.1, 0.15) is 23.2 Å². The second-order valence-electron chi connectivity index (χ2n) is 3.57. The predicted molar refractivity (Wildman–Crippen MR) is 65.4 cm³/mol. The molecule has 1 aromatic heterocycles. The van der Waals surface area contributed by atoms with E-state index < -0.39 is 0 Å². The molecule has 0 N–H and O–H groups in total. The van der Waals surface area contributed by atoms with Crippen LogP contribution in [-0.4, -0.2) is 15.7 Å². The first-order valence-corrected chi connectivity index (χ1v) is 5.77. The molecule has 16 heavy (non-hydrogen) atoms. The van der Waals surface area contributed by atoms with Crippen LogP contribution in [0, 0.1) is 0 Å². The molecule has 2 aromatic rings. The maximum absolute atomic E-state index is 12.0. The number of rotatable bonds is 2. The van der Waals surface area contributed by atoms with Crippen LogP contribution in [0.4, 0.5) is 0 Å². The van der Waals surface area contributed by atoms with Gasteiger partial charge < -0.3 is 0 Å². The number of nitrogens with zero attached hydrogens (tertiary/aromatic N) is 2. The van der Waals surface area contributed by atoms with Crippen molar-refractivity contribution < 1.29 is 4.79 Å². The number of aromatic nitrogens is 2. The Bertz CT molecular complexity index is 493. The lowest BCUT2D eigenvalue weighted by Crippen LogP contribution is -2.18. The molecule has 0 saturated carbocycles. The van der Waals surface area contributed by atoms with Crippen molar-refractivity contribution in [3.05, 3.63) is 52.8 Å². The number of halogens is 1. The molecular weight excluding hydrogens is 268 g/mol. The highest BCUT2D eigenvalue weighted by Gasteiger charge is 2.17. The van der Waals surface area contributed by atoms with Gasteiger partial charge in [0.05, 0.1) is 16.6 Å². The van der Waals surface area contributed by atoms with Crippen molar-refractivity contribution >= 4 is 21.8 Å². The molecule has 0 amide bonds. The van der Waals surface area contributed by atoms with Crippen molar-refractivity contribution in [2.75, 3.05) is 0 Å². The van der Waals surface area contributed by atoms with Crippen molar-refractivity contribution in [2.24, 2.45) is 0 Å². The second-order valence-corrected chi connectivity index (χ2v) is 4.49. The fourth-order valence-corrected chi connectivity index (χ4v) is 1.79. The molecule has 0 radical (unpaired) electrons. The Balaban J connectivity index is 2.23. The Morgan fingerprint density at radius 1 is 1.38 bits per heavy atom. The summed E-state index contributed by atoms with van der Waals surface area (Å²) < 4.78 is 2.17. The molecule has 0 aliphatic heterocycles. The fourth-order valence-electron chi connectivity index (χ4n) is 1.50. The Morgan fingerprint density at radius 2 is 2.06 bits per heavy atom. The minimum atomic E-state index is -0.187. The summed E-state index contributed by atoms with van der Waals surface area (Å²) in [4.78, 5) is 12.0. The van der Waals surface area contributed by atoms with E-state index in [-0.39, 0.29) is 11.8 Å². The van der Waals surface area contributed by atoms with Crippen LogP contribution in [-0.2, 0) is 0 Å². The number of carbonyl (C=O) groups is 1. The van der Waals surface area contributed by atoms with E-state index in [0.717, 1.165) is 10.0 Å². The average Bonchev–Trinajstić information content (AvgIpc) is 2.75. The van der Waals surface area contributed by atoms with Gasteiger partial charge in [0.25, 0.3) is 5.91 Å². The van der Waals surface area contributed by atoms with Crippen molar-refractivity contribution in [1.82, 2.24) is 9.78 Å². The molecule has 3 nitrogen and oxygen atoms in total. The Morgan fingerprint density at radius 3 is 2.62 bits per heavy atom. The van der Waals surface area contributed by atoms with Crippen molar-refractivity contribution in [1.29, 1.82) is 0 Å². The zero-order valence-electron chi connectivity index (χ0n) is 8.80. The highest BCUT2D eigenvalue weighted by atomic mass is 79.9. The molecule has 0 saturated heterocycles. The Kier molecular flexibility index (Phi) is 3.19. The third-order valence-electron chi connectivity index (χ3n) is 2.45. The van der Waals surface area contributed by atoms with Gasteiger partial charge in [0.1, 0.15) is 0 Å². The predicted octanol–water partition coefficient (Wildman–Crippen LogP) is 3.09. The molecule has 1 unspecified atom stereocenters. The van der Waals surface area contributed by atoms with Gasteiger partial charge in [-0.3, -0.25) is 4.79 Å². The number of benzene rings is 1. The van der Waals surface area contributed by atoms with Crippen molar-refractivity contribution in [3.8, 4) is 0 Å². The number of hydrogen-bond donors (Lipinski definition) is 0. The van der Waals surface area contributed by atoms with Gasteiger partial charge in [-0.05, 0) is 28.4 Å². The molecule has 2 rings (SSSR count). The van der Waals surface area contributed by atoms with Gasteiger partial charge in [0, 0.05) is 6.20 Å². The first kappa shape index (κ1) is 11.1. The molecule has 0 aliphatic rings. The molecule has 4 heteroatoms. The fraction of sp³-hybridized carbons (Fsp3) is 0.167. The summed E-state index contributed by atoms with van der Waals surface area (Å²) in [5.74, 6) is -0.218. The molecule has 0 spiro atoms. The van der Waals surface area contributed by atoms with E-state index in [4.69, 9.17) is 0 Å². The van der Waals surface area contributed by atoms with Crippen LogP contribution in [0.15, 0.2) is 47.2 Å². The molecule has 0 aliphatic carbocycles. The lowest BCUT2D eigenvalue weighted by Gasteiger charge is -2.09. The first-order chi connectivity index (χ1) is 7.68. The summed E-state index contributed by atoms with van der Waals surface area (Å²) in [5.41, 5.74) is 0.999. The molecule has 1 atom stereocenters. The summed E-state index contributed by atoms with van der Waals surface area (Å²) in [6, 6.07) is 9.68. The monoisotopic (exact) mass is 278 g/mol. The lowest BCUT2D eigenvalue weighted by atomic mass is 10.0. The lowest BCUT2D eigenvalue weighted by molar-refractivity contribution is 0.0868. The molecular formula is C12H11BrN2O. The van der Waals surface area contributed by atoms with E-state index in [2.05, 4.69) is 21.0 Å². The van der Waals surface area contributed by atoms with E-state index in [1.807, 2.05) is 37.3 Å². The molecule has 82 valence electrons. The standard InChI is InChI=1S/C12H11BrN2O/c1-9(10-5-3-2-4-6-10)12(16)15-8-11(13)7-14-15/h2-9H,1H3. The largest absolute Gasteiger partial charge is 0.272 e. The van der Waals surface area contributed by atoms with Crippen LogP contribution in [0.5, 0.6) is 0 Å². The van der Waals surface area contributed by atoms with Crippen molar-refractivity contribution in [3.63, 3.8) is 0 Å². The first-order valence-electron chi connectivity index (χ1n) is 4.98. The molecule has 1 heterocycles. The normalized spacial score (nSPS) is 12.4. The summed E-state index contributed by atoms with van der Waals surface area (Å²) in [5, 5.41) is 3.98. The average molecular weight is 279 g/mol. The van der Waals surface area contributed by atoms with E-state index >= 15 is 0 Å². The van der Waals surface area contributed by atoms with Crippen molar-refractivity contribution in [2.45, 2.75) is 12.8 Å². The third-order valence-corrected chi connectivity index (χ3v) is 2.86. The molecule has 0 fully saturated rings. The van der Waals surface area contributed by atoms with Crippen LogP contribution in [0.2, 0.25) is 0 Å². The summed E-state index contributed by atoms with van der Waals surface area (Å²) in [6.07, 6.45) is 3.28. The zero-order chi connectivity index (χ0) is 11.5. The van der Waals surface area contributed by atoms with Gasteiger partial charge in [-0.1, -0.05) is 30.3 Å². The topological polar surface area (TPSA) is 34.9 Å². The second kappa shape index (κ2) is 4.61.